The highest BCUT2D eigenvalue weighted by molar-refractivity contribution is 5.79. The smallest absolute Gasteiger partial charge is 0.201 e. The molecule has 0 bridgehead atoms. The van der Waals surface area contributed by atoms with E-state index >= 15 is 0 Å². The highest BCUT2D eigenvalue weighted by Gasteiger charge is 2.20. The molecule has 2 aromatic rings. The van der Waals surface area contributed by atoms with Crippen molar-refractivity contribution in [3.63, 3.8) is 0 Å². The van der Waals surface area contributed by atoms with Gasteiger partial charge in [-0.2, -0.15) is 0 Å². The number of aryl methyl sites for hydroxylation is 1. The summed E-state index contributed by atoms with van der Waals surface area (Å²) < 4.78 is 2.20. The monoisotopic (exact) mass is 272 g/mol. The molecule has 0 spiro atoms. The maximum atomic E-state index is 6.12. The molecule has 4 nitrogen and oxygen atoms in total. The standard InChI is InChI=1S/C16H24N4/c1-3-19-8-6-13(7-9-19)11-20-15-10-12(2)4-5-14(15)18-16(20)17/h4-5,10,13H,3,6-9,11H2,1-2H3,(H2,17,18). The molecule has 0 unspecified atom stereocenters. The molecule has 0 radical (unpaired) electrons. The third kappa shape index (κ3) is 2.52. The van der Waals surface area contributed by atoms with Crippen LogP contribution in [0.15, 0.2) is 18.2 Å². The van der Waals surface area contributed by atoms with Crippen LogP contribution in [0.3, 0.4) is 0 Å². The van der Waals surface area contributed by atoms with Crippen molar-refractivity contribution in [2.45, 2.75) is 33.2 Å². The van der Waals surface area contributed by atoms with Gasteiger partial charge in [0, 0.05) is 6.54 Å². The first-order valence-electron chi connectivity index (χ1n) is 7.62. The molecule has 1 aromatic carbocycles. The molecule has 0 atom stereocenters. The SMILES string of the molecule is CCN1CCC(Cn2c(N)nc3ccc(C)cc32)CC1. The number of nitrogen functional groups attached to an aromatic ring is 1. The van der Waals surface area contributed by atoms with E-state index in [4.69, 9.17) is 5.73 Å². The van der Waals surface area contributed by atoms with E-state index in [1.165, 1.54) is 43.6 Å². The van der Waals surface area contributed by atoms with Crippen LogP contribution in [0.4, 0.5) is 5.95 Å². The van der Waals surface area contributed by atoms with E-state index in [1.54, 1.807) is 0 Å². The summed E-state index contributed by atoms with van der Waals surface area (Å²) in [6, 6.07) is 6.36. The first-order valence-corrected chi connectivity index (χ1v) is 7.62. The van der Waals surface area contributed by atoms with Crippen LogP contribution in [0.5, 0.6) is 0 Å². The lowest BCUT2D eigenvalue weighted by Crippen LogP contribution is -2.34. The molecule has 0 aliphatic carbocycles. The Hall–Kier alpha value is -1.55. The molecule has 108 valence electrons. The van der Waals surface area contributed by atoms with E-state index in [1.807, 2.05) is 0 Å². The molecule has 1 aliphatic rings. The normalized spacial score (nSPS) is 17.9. The fourth-order valence-corrected chi connectivity index (χ4v) is 3.19. The minimum atomic E-state index is 0.656. The number of likely N-dealkylation sites (tertiary alicyclic amines) is 1. The number of nitrogens with two attached hydrogens (primary N) is 1. The van der Waals surface area contributed by atoms with Crippen molar-refractivity contribution in [2.24, 2.45) is 5.92 Å². The second kappa shape index (κ2) is 5.44. The van der Waals surface area contributed by atoms with E-state index in [0.29, 0.717) is 5.95 Å². The number of imidazole rings is 1. The van der Waals surface area contributed by atoms with E-state index in [9.17, 15) is 0 Å². The Balaban J connectivity index is 1.80. The maximum Gasteiger partial charge on any atom is 0.201 e. The highest BCUT2D eigenvalue weighted by atomic mass is 15.2. The Morgan fingerprint density at radius 1 is 1.30 bits per heavy atom. The number of anilines is 1. The zero-order valence-electron chi connectivity index (χ0n) is 12.5. The fourth-order valence-electron chi connectivity index (χ4n) is 3.19. The molecule has 1 aromatic heterocycles. The zero-order chi connectivity index (χ0) is 14.1. The second-order valence-corrected chi connectivity index (χ2v) is 5.95. The van der Waals surface area contributed by atoms with Gasteiger partial charge in [-0.1, -0.05) is 13.0 Å². The molecule has 1 saturated heterocycles. The summed E-state index contributed by atoms with van der Waals surface area (Å²) in [5.74, 6) is 1.38. The van der Waals surface area contributed by atoms with Gasteiger partial charge in [0.15, 0.2) is 0 Å². The van der Waals surface area contributed by atoms with Crippen LogP contribution < -0.4 is 5.73 Å². The van der Waals surface area contributed by atoms with E-state index in [2.05, 4.69) is 46.5 Å². The number of nitrogens with zero attached hydrogens (tertiary/aromatic N) is 3. The average molecular weight is 272 g/mol. The van der Waals surface area contributed by atoms with E-state index in [0.717, 1.165) is 18.0 Å². The van der Waals surface area contributed by atoms with E-state index < -0.39 is 0 Å². The third-order valence-electron chi connectivity index (χ3n) is 4.53. The van der Waals surface area contributed by atoms with Crippen LogP contribution in [0.1, 0.15) is 25.3 Å². The second-order valence-electron chi connectivity index (χ2n) is 5.95. The molecule has 2 N–H and O–H groups in total. The minimum absolute atomic E-state index is 0.656. The Kier molecular flexibility index (Phi) is 3.66. The molecular formula is C16H24N4. The summed E-state index contributed by atoms with van der Waals surface area (Å²) in [7, 11) is 0. The number of rotatable bonds is 3. The predicted molar refractivity (Wildman–Crippen MR) is 83.7 cm³/mol. The topological polar surface area (TPSA) is 47.1 Å². The summed E-state index contributed by atoms with van der Waals surface area (Å²) in [6.45, 7) is 8.96. The average Bonchev–Trinajstić information content (AvgIpc) is 2.76. The Labute approximate surface area is 120 Å². The van der Waals surface area contributed by atoms with Crippen molar-refractivity contribution in [1.29, 1.82) is 0 Å². The van der Waals surface area contributed by atoms with Crippen LogP contribution in [-0.4, -0.2) is 34.1 Å². The zero-order valence-corrected chi connectivity index (χ0v) is 12.5. The van der Waals surface area contributed by atoms with Crippen molar-refractivity contribution < 1.29 is 0 Å². The quantitative estimate of drug-likeness (QED) is 0.934. The number of hydrogen-bond donors (Lipinski definition) is 1. The molecule has 3 rings (SSSR count). The van der Waals surface area contributed by atoms with E-state index in [-0.39, 0.29) is 0 Å². The van der Waals surface area contributed by atoms with Crippen LogP contribution in [-0.2, 0) is 6.54 Å². The van der Waals surface area contributed by atoms with Crippen LogP contribution in [0, 0.1) is 12.8 Å². The van der Waals surface area contributed by atoms with Gasteiger partial charge < -0.3 is 15.2 Å². The third-order valence-corrected chi connectivity index (χ3v) is 4.53. The number of hydrogen-bond acceptors (Lipinski definition) is 3. The Morgan fingerprint density at radius 2 is 2.05 bits per heavy atom. The van der Waals surface area contributed by atoms with Gasteiger partial charge in [-0.3, -0.25) is 0 Å². The number of piperidine rings is 1. The predicted octanol–water partition coefficient (Wildman–Crippen LogP) is 2.66. The molecule has 0 amide bonds. The number of aromatic nitrogens is 2. The molecule has 20 heavy (non-hydrogen) atoms. The van der Waals surface area contributed by atoms with Crippen LogP contribution in [0.25, 0.3) is 11.0 Å². The van der Waals surface area contributed by atoms with Crippen molar-refractivity contribution in [3.05, 3.63) is 23.8 Å². The summed E-state index contributed by atoms with van der Waals surface area (Å²) in [4.78, 5) is 7.00. The largest absolute Gasteiger partial charge is 0.369 e. The highest BCUT2D eigenvalue weighted by Crippen LogP contribution is 2.24. The van der Waals surface area contributed by atoms with Gasteiger partial charge in [0.2, 0.25) is 5.95 Å². The van der Waals surface area contributed by atoms with Gasteiger partial charge in [0.1, 0.15) is 0 Å². The molecule has 1 aliphatic heterocycles. The Bertz CT molecular complexity index is 594. The van der Waals surface area contributed by atoms with Crippen LogP contribution in [0.2, 0.25) is 0 Å². The molecule has 0 saturated carbocycles. The summed E-state index contributed by atoms with van der Waals surface area (Å²) in [5.41, 5.74) is 9.57. The van der Waals surface area contributed by atoms with Crippen LogP contribution >= 0.6 is 0 Å². The lowest BCUT2D eigenvalue weighted by atomic mass is 9.96. The summed E-state index contributed by atoms with van der Waals surface area (Å²) in [5, 5.41) is 0. The minimum Gasteiger partial charge on any atom is -0.369 e. The fraction of sp³-hybridized carbons (Fsp3) is 0.562. The lowest BCUT2D eigenvalue weighted by Gasteiger charge is -2.31. The molecule has 1 fully saturated rings. The van der Waals surface area contributed by atoms with Gasteiger partial charge in [-0.05, 0) is 63.0 Å². The molecule has 4 heteroatoms. The first kappa shape index (κ1) is 13.4. The van der Waals surface area contributed by atoms with Crippen molar-refractivity contribution in [3.8, 4) is 0 Å². The van der Waals surface area contributed by atoms with Crippen molar-refractivity contribution in [1.82, 2.24) is 14.5 Å². The van der Waals surface area contributed by atoms with Gasteiger partial charge in [0.05, 0.1) is 11.0 Å². The molecule has 2 heterocycles. The lowest BCUT2D eigenvalue weighted by molar-refractivity contribution is 0.182. The van der Waals surface area contributed by atoms with Crippen molar-refractivity contribution >= 4 is 17.0 Å². The summed E-state index contributed by atoms with van der Waals surface area (Å²) >= 11 is 0. The summed E-state index contributed by atoms with van der Waals surface area (Å²) in [6.07, 6.45) is 2.53. The van der Waals surface area contributed by atoms with Gasteiger partial charge >= 0.3 is 0 Å². The maximum absolute atomic E-state index is 6.12. The number of benzene rings is 1. The van der Waals surface area contributed by atoms with Gasteiger partial charge in [0.25, 0.3) is 0 Å². The van der Waals surface area contributed by atoms with Crippen molar-refractivity contribution in [2.75, 3.05) is 25.4 Å². The van der Waals surface area contributed by atoms with Gasteiger partial charge in [-0.25, -0.2) is 4.98 Å². The molecular weight excluding hydrogens is 248 g/mol. The Morgan fingerprint density at radius 3 is 2.75 bits per heavy atom. The first-order chi connectivity index (χ1) is 9.67. The van der Waals surface area contributed by atoms with Gasteiger partial charge in [-0.15, -0.1) is 0 Å². The number of fused-ring (bicyclic) bond motifs is 1.